The van der Waals surface area contributed by atoms with Crippen molar-refractivity contribution in [2.45, 2.75) is 4.90 Å². The summed E-state index contributed by atoms with van der Waals surface area (Å²) < 4.78 is 27.5. The van der Waals surface area contributed by atoms with Crippen molar-refractivity contribution in [3.63, 3.8) is 0 Å². The number of rotatable bonds is 3. The van der Waals surface area contributed by atoms with Crippen molar-refractivity contribution in [1.82, 2.24) is 9.21 Å². The SMILES string of the molecule is O=C(c1ccc(Cl)cc1I)N1CCN(S(=O)(=O)c2ccccc2)CC1. The first-order chi connectivity index (χ1) is 11.9. The van der Waals surface area contributed by atoms with E-state index in [0.717, 1.165) is 3.57 Å². The van der Waals surface area contributed by atoms with Crippen molar-refractivity contribution < 1.29 is 13.2 Å². The molecule has 25 heavy (non-hydrogen) atoms. The fourth-order valence-electron chi connectivity index (χ4n) is 2.71. The summed E-state index contributed by atoms with van der Waals surface area (Å²) in [6.07, 6.45) is 0. The van der Waals surface area contributed by atoms with Crippen LogP contribution in [0.25, 0.3) is 0 Å². The van der Waals surface area contributed by atoms with Crippen LogP contribution in [0.3, 0.4) is 0 Å². The molecular weight excluding hydrogens is 475 g/mol. The first-order valence-corrected chi connectivity index (χ1v) is 10.6. The van der Waals surface area contributed by atoms with E-state index in [-0.39, 0.29) is 23.9 Å². The molecule has 0 aromatic heterocycles. The molecule has 2 aromatic rings. The highest BCUT2D eigenvalue weighted by Crippen LogP contribution is 2.22. The zero-order valence-electron chi connectivity index (χ0n) is 13.2. The normalized spacial score (nSPS) is 16.0. The number of carbonyl (C=O) groups excluding carboxylic acids is 1. The number of hydrogen-bond acceptors (Lipinski definition) is 3. The van der Waals surface area contributed by atoms with Gasteiger partial charge in [-0.3, -0.25) is 4.79 Å². The molecule has 1 saturated heterocycles. The highest BCUT2D eigenvalue weighted by molar-refractivity contribution is 14.1. The maximum Gasteiger partial charge on any atom is 0.255 e. The van der Waals surface area contributed by atoms with Gasteiger partial charge in [-0.25, -0.2) is 8.42 Å². The van der Waals surface area contributed by atoms with Crippen LogP contribution < -0.4 is 0 Å². The minimum absolute atomic E-state index is 0.0992. The Labute approximate surface area is 165 Å². The third-order valence-corrected chi connectivity index (χ3v) is 7.11. The van der Waals surface area contributed by atoms with Gasteiger partial charge in [-0.15, -0.1) is 0 Å². The van der Waals surface area contributed by atoms with Crippen molar-refractivity contribution in [1.29, 1.82) is 0 Å². The van der Waals surface area contributed by atoms with E-state index in [2.05, 4.69) is 22.6 Å². The van der Waals surface area contributed by atoms with Gasteiger partial charge in [-0.1, -0.05) is 29.8 Å². The van der Waals surface area contributed by atoms with E-state index in [4.69, 9.17) is 11.6 Å². The van der Waals surface area contributed by atoms with Crippen LogP contribution in [0.15, 0.2) is 53.4 Å². The van der Waals surface area contributed by atoms with Gasteiger partial charge in [-0.2, -0.15) is 4.31 Å². The van der Waals surface area contributed by atoms with E-state index in [1.807, 2.05) is 0 Å². The minimum Gasteiger partial charge on any atom is -0.336 e. The van der Waals surface area contributed by atoms with Crippen molar-refractivity contribution in [3.8, 4) is 0 Å². The maximum absolute atomic E-state index is 12.7. The second-order valence-electron chi connectivity index (χ2n) is 5.63. The molecule has 0 unspecified atom stereocenters. The highest BCUT2D eigenvalue weighted by Gasteiger charge is 2.30. The Morgan fingerprint density at radius 1 is 1.00 bits per heavy atom. The van der Waals surface area contributed by atoms with E-state index in [1.54, 1.807) is 53.4 Å². The molecular formula is C17H16ClIN2O3S. The maximum atomic E-state index is 12.7. The van der Waals surface area contributed by atoms with Crippen LogP contribution >= 0.6 is 34.2 Å². The molecule has 1 aliphatic heterocycles. The lowest BCUT2D eigenvalue weighted by Crippen LogP contribution is -2.50. The second kappa shape index (κ2) is 7.61. The van der Waals surface area contributed by atoms with Gasteiger partial charge >= 0.3 is 0 Å². The topological polar surface area (TPSA) is 57.7 Å². The first kappa shape index (κ1) is 18.6. The molecule has 1 aliphatic rings. The lowest BCUT2D eigenvalue weighted by atomic mass is 10.2. The van der Waals surface area contributed by atoms with Crippen LogP contribution in [0.5, 0.6) is 0 Å². The summed E-state index contributed by atoms with van der Waals surface area (Å²) >= 11 is 8.02. The van der Waals surface area contributed by atoms with E-state index < -0.39 is 10.0 Å². The molecule has 1 fully saturated rings. The average Bonchev–Trinajstić information content (AvgIpc) is 2.62. The van der Waals surface area contributed by atoms with Gasteiger partial charge < -0.3 is 4.90 Å². The standard InChI is InChI=1S/C17H16ClIN2O3S/c18-13-6-7-15(16(19)12-13)17(22)20-8-10-21(11-9-20)25(23,24)14-4-2-1-3-5-14/h1-7,12H,8-11H2. The Bertz CT molecular complexity index is 882. The molecule has 8 heteroatoms. The monoisotopic (exact) mass is 490 g/mol. The minimum atomic E-state index is -3.51. The highest BCUT2D eigenvalue weighted by atomic mass is 127. The summed E-state index contributed by atoms with van der Waals surface area (Å²) in [5, 5.41) is 0.583. The zero-order chi connectivity index (χ0) is 18.0. The van der Waals surface area contributed by atoms with Crippen LogP contribution in [0, 0.1) is 3.57 Å². The molecule has 1 heterocycles. The van der Waals surface area contributed by atoms with Gasteiger partial charge in [0.1, 0.15) is 0 Å². The van der Waals surface area contributed by atoms with Crippen molar-refractivity contribution >= 4 is 50.1 Å². The van der Waals surface area contributed by atoms with Gasteiger partial charge in [0, 0.05) is 34.8 Å². The van der Waals surface area contributed by atoms with Gasteiger partial charge in [0.2, 0.25) is 10.0 Å². The lowest BCUT2D eigenvalue weighted by molar-refractivity contribution is 0.0697. The Kier molecular flexibility index (Phi) is 5.67. The van der Waals surface area contributed by atoms with E-state index in [0.29, 0.717) is 23.7 Å². The molecule has 1 amide bonds. The quantitative estimate of drug-likeness (QED) is 0.622. The summed E-state index contributed by atoms with van der Waals surface area (Å²) in [5.41, 5.74) is 0.587. The van der Waals surface area contributed by atoms with Gasteiger partial charge in [0.05, 0.1) is 10.5 Å². The Hall–Kier alpha value is -1.16. The number of sulfonamides is 1. The molecule has 0 radical (unpaired) electrons. The largest absolute Gasteiger partial charge is 0.336 e. The molecule has 5 nitrogen and oxygen atoms in total. The number of nitrogens with zero attached hydrogens (tertiary/aromatic N) is 2. The lowest BCUT2D eigenvalue weighted by Gasteiger charge is -2.34. The molecule has 0 N–H and O–H groups in total. The molecule has 0 saturated carbocycles. The number of hydrogen-bond donors (Lipinski definition) is 0. The Balaban J connectivity index is 1.70. The zero-order valence-corrected chi connectivity index (χ0v) is 17.0. The summed E-state index contributed by atoms with van der Waals surface area (Å²) in [6.45, 7) is 1.30. The van der Waals surface area contributed by atoms with Crippen LogP contribution in [0.4, 0.5) is 0 Å². The summed E-state index contributed by atoms with van der Waals surface area (Å²) in [4.78, 5) is 14.6. The smallest absolute Gasteiger partial charge is 0.255 e. The van der Waals surface area contributed by atoms with E-state index in [9.17, 15) is 13.2 Å². The molecule has 132 valence electrons. The second-order valence-corrected chi connectivity index (χ2v) is 9.17. The molecule has 3 rings (SSSR count). The van der Waals surface area contributed by atoms with Gasteiger partial charge in [0.15, 0.2) is 0 Å². The van der Waals surface area contributed by atoms with Gasteiger partial charge in [0.25, 0.3) is 5.91 Å². The summed E-state index contributed by atoms with van der Waals surface area (Å²) in [7, 11) is -3.51. The average molecular weight is 491 g/mol. The molecule has 0 spiro atoms. The number of piperazine rings is 1. The number of carbonyl (C=O) groups is 1. The van der Waals surface area contributed by atoms with Crippen molar-refractivity contribution in [2.75, 3.05) is 26.2 Å². The number of benzene rings is 2. The molecule has 0 aliphatic carbocycles. The summed E-state index contributed by atoms with van der Waals surface area (Å²) in [5.74, 6) is -0.0992. The molecule has 0 atom stereocenters. The Morgan fingerprint density at radius 3 is 2.24 bits per heavy atom. The molecule has 0 bridgehead atoms. The van der Waals surface area contributed by atoms with Gasteiger partial charge in [-0.05, 0) is 52.9 Å². The van der Waals surface area contributed by atoms with Crippen LogP contribution in [0.2, 0.25) is 5.02 Å². The predicted octanol–water partition coefficient (Wildman–Crippen LogP) is 3.09. The van der Waals surface area contributed by atoms with E-state index >= 15 is 0 Å². The predicted molar refractivity (Wildman–Crippen MR) is 105 cm³/mol. The number of halogens is 2. The molecule has 2 aromatic carbocycles. The van der Waals surface area contributed by atoms with Crippen molar-refractivity contribution in [2.24, 2.45) is 0 Å². The summed E-state index contributed by atoms with van der Waals surface area (Å²) in [6, 6.07) is 13.5. The van der Waals surface area contributed by atoms with Crippen LogP contribution in [0.1, 0.15) is 10.4 Å². The Morgan fingerprint density at radius 2 is 1.64 bits per heavy atom. The third kappa shape index (κ3) is 3.99. The van der Waals surface area contributed by atoms with E-state index in [1.165, 1.54) is 4.31 Å². The number of amides is 1. The van der Waals surface area contributed by atoms with Crippen molar-refractivity contribution in [3.05, 3.63) is 62.7 Å². The van der Waals surface area contributed by atoms with Crippen LogP contribution in [-0.4, -0.2) is 49.7 Å². The first-order valence-electron chi connectivity index (χ1n) is 7.69. The third-order valence-electron chi connectivity index (χ3n) is 4.07. The fourth-order valence-corrected chi connectivity index (χ4v) is 5.25. The fraction of sp³-hybridized carbons (Fsp3) is 0.235. The van der Waals surface area contributed by atoms with Crippen LogP contribution in [-0.2, 0) is 10.0 Å².